The molecule has 5 nitrogen and oxygen atoms in total. The Kier molecular flexibility index (Phi) is 3.81. The van der Waals surface area contributed by atoms with E-state index >= 15 is 0 Å². The van der Waals surface area contributed by atoms with Crippen LogP contribution in [0, 0.1) is 6.92 Å². The third-order valence-electron chi connectivity index (χ3n) is 3.77. The van der Waals surface area contributed by atoms with E-state index in [1.807, 2.05) is 25.1 Å². The lowest BCUT2D eigenvalue weighted by atomic mass is 10.1. The van der Waals surface area contributed by atoms with Gasteiger partial charge < -0.3 is 9.80 Å². The van der Waals surface area contributed by atoms with Gasteiger partial charge in [-0.1, -0.05) is 11.6 Å². The molecule has 2 aromatic rings. The number of benzene rings is 1. The molecule has 0 bridgehead atoms. The molecule has 1 aliphatic heterocycles. The highest BCUT2D eigenvalue weighted by atomic mass is 16.1. The van der Waals surface area contributed by atoms with Crippen molar-refractivity contribution in [3.8, 4) is 0 Å². The van der Waals surface area contributed by atoms with Gasteiger partial charge in [0.15, 0.2) is 6.29 Å². The second-order valence-corrected chi connectivity index (χ2v) is 5.20. The van der Waals surface area contributed by atoms with E-state index in [1.165, 1.54) is 0 Å². The Morgan fingerprint density at radius 3 is 2.38 bits per heavy atom. The maximum atomic E-state index is 11.3. The molecule has 1 fully saturated rings. The van der Waals surface area contributed by atoms with E-state index < -0.39 is 0 Å². The van der Waals surface area contributed by atoms with Gasteiger partial charge in [0, 0.05) is 49.8 Å². The summed E-state index contributed by atoms with van der Waals surface area (Å²) in [5, 5.41) is 0. The summed E-state index contributed by atoms with van der Waals surface area (Å²) in [5.41, 5.74) is 2.89. The fourth-order valence-corrected chi connectivity index (χ4v) is 2.66. The van der Waals surface area contributed by atoms with Gasteiger partial charge in [-0.05, 0) is 25.1 Å². The summed E-state index contributed by atoms with van der Waals surface area (Å²) in [5.74, 6) is 0.775. The predicted molar refractivity (Wildman–Crippen MR) is 83.0 cm³/mol. The maximum absolute atomic E-state index is 11.3. The number of aryl methyl sites for hydroxylation is 1. The number of anilines is 2. The molecule has 3 rings (SSSR count). The number of nitrogens with zero attached hydrogens (tertiary/aromatic N) is 4. The van der Waals surface area contributed by atoms with Crippen molar-refractivity contribution in [1.82, 2.24) is 9.97 Å². The van der Waals surface area contributed by atoms with Crippen LogP contribution in [0.5, 0.6) is 0 Å². The number of rotatable bonds is 3. The molecule has 108 valence electrons. The molecule has 5 heteroatoms. The second kappa shape index (κ2) is 5.91. The Labute approximate surface area is 124 Å². The zero-order valence-corrected chi connectivity index (χ0v) is 12.1. The number of carbonyl (C=O) groups excluding carboxylic acids is 1. The van der Waals surface area contributed by atoms with Crippen LogP contribution in [0.4, 0.5) is 11.6 Å². The molecule has 0 saturated carbocycles. The number of carbonyl (C=O) groups is 1. The SMILES string of the molecule is Cc1ccc(N2CCN(c3ncccn3)CC2)c(C=O)c1. The zero-order valence-electron chi connectivity index (χ0n) is 12.1. The van der Waals surface area contributed by atoms with Gasteiger partial charge >= 0.3 is 0 Å². The van der Waals surface area contributed by atoms with Crippen molar-refractivity contribution in [3.63, 3.8) is 0 Å². The average molecular weight is 282 g/mol. The Morgan fingerprint density at radius 1 is 1.05 bits per heavy atom. The minimum absolute atomic E-state index is 0.763. The van der Waals surface area contributed by atoms with Crippen molar-refractivity contribution in [3.05, 3.63) is 47.8 Å². The fraction of sp³-hybridized carbons (Fsp3) is 0.312. The fourth-order valence-electron chi connectivity index (χ4n) is 2.66. The molecule has 2 heterocycles. The number of aldehydes is 1. The Morgan fingerprint density at radius 2 is 1.71 bits per heavy atom. The van der Waals surface area contributed by atoms with Crippen LogP contribution in [-0.2, 0) is 0 Å². The smallest absolute Gasteiger partial charge is 0.225 e. The van der Waals surface area contributed by atoms with Gasteiger partial charge in [0.05, 0.1) is 0 Å². The van der Waals surface area contributed by atoms with Gasteiger partial charge in [-0.2, -0.15) is 0 Å². The Hall–Kier alpha value is -2.43. The summed E-state index contributed by atoms with van der Waals surface area (Å²) in [4.78, 5) is 24.2. The van der Waals surface area contributed by atoms with Crippen LogP contribution in [0.25, 0.3) is 0 Å². The van der Waals surface area contributed by atoms with Crippen molar-refractivity contribution in [1.29, 1.82) is 0 Å². The number of piperazine rings is 1. The van der Waals surface area contributed by atoms with Gasteiger partial charge in [0.25, 0.3) is 0 Å². The van der Waals surface area contributed by atoms with E-state index in [-0.39, 0.29) is 0 Å². The maximum Gasteiger partial charge on any atom is 0.225 e. The summed E-state index contributed by atoms with van der Waals surface area (Å²) in [7, 11) is 0. The first kappa shape index (κ1) is 13.5. The molecule has 0 N–H and O–H groups in total. The molecule has 1 aromatic carbocycles. The lowest BCUT2D eigenvalue weighted by molar-refractivity contribution is 0.112. The van der Waals surface area contributed by atoms with Gasteiger partial charge in [-0.15, -0.1) is 0 Å². The number of hydrogen-bond donors (Lipinski definition) is 0. The highest BCUT2D eigenvalue weighted by Crippen LogP contribution is 2.22. The molecule has 0 atom stereocenters. The largest absolute Gasteiger partial charge is 0.367 e. The van der Waals surface area contributed by atoms with Gasteiger partial charge in [-0.25, -0.2) is 9.97 Å². The van der Waals surface area contributed by atoms with Crippen LogP contribution < -0.4 is 9.80 Å². The molecular formula is C16H18N4O. The van der Waals surface area contributed by atoms with E-state index in [9.17, 15) is 4.79 Å². The molecule has 1 aromatic heterocycles. The first-order valence-electron chi connectivity index (χ1n) is 7.10. The van der Waals surface area contributed by atoms with Crippen molar-refractivity contribution >= 4 is 17.9 Å². The molecule has 0 spiro atoms. The van der Waals surface area contributed by atoms with E-state index in [0.29, 0.717) is 0 Å². The first-order chi connectivity index (χ1) is 10.3. The third kappa shape index (κ3) is 2.86. The Balaban J connectivity index is 1.73. The van der Waals surface area contributed by atoms with Crippen LogP contribution >= 0.6 is 0 Å². The lowest BCUT2D eigenvalue weighted by Gasteiger charge is -2.36. The van der Waals surface area contributed by atoms with Crippen molar-refractivity contribution in [2.45, 2.75) is 6.92 Å². The number of hydrogen-bond acceptors (Lipinski definition) is 5. The summed E-state index contributed by atoms with van der Waals surface area (Å²) in [6.45, 7) is 5.44. The normalized spacial score (nSPS) is 15.1. The van der Waals surface area contributed by atoms with Crippen molar-refractivity contribution in [2.24, 2.45) is 0 Å². The number of aromatic nitrogens is 2. The minimum atomic E-state index is 0.763. The van der Waals surface area contributed by atoms with Crippen molar-refractivity contribution in [2.75, 3.05) is 36.0 Å². The van der Waals surface area contributed by atoms with Crippen LogP contribution in [0.15, 0.2) is 36.7 Å². The highest BCUT2D eigenvalue weighted by molar-refractivity contribution is 5.85. The van der Waals surface area contributed by atoms with Gasteiger partial charge in [0.2, 0.25) is 5.95 Å². The summed E-state index contributed by atoms with van der Waals surface area (Å²) in [6.07, 6.45) is 4.47. The third-order valence-corrected chi connectivity index (χ3v) is 3.77. The zero-order chi connectivity index (χ0) is 14.7. The molecule has 0 amide bonds. The Bertz CT molecular complexity index is 621. The van der Waals surface area contributed by atoms with E-state index in [0.717, 1.165) is 55.2 Å². The molecular weight excluding hydrogens is 264 g/mol. The monoisotopic (exact) mass is 282 g/mol. The average Bonchev–Trinajstić information content (AvgIpc) is 2.56. The molecule has 21 heavy (non-hydrogen) atoms. The van der Waals surface area contributed by atoms with Gasteiger partial charge in [-0.3, -0.25) is 4.79 Å². The lowest BCUT2D eigenvalue weighted by Crippen LogP contribution is -2.47. The summed E-state index contributed by atoms with van der Waals surface area (Å²) >= 11 is 0. The molecule has 0 unspecified atom stereocenters. The summed E-state index contributed by atoms with van der Waals surface area (Å²) in [6, 6.07) is 7.85. The van der Waals surface area contributed by atoms with E-state index in [4.69, 9.17) is 0 Å². The van der Waals surface area contributed by atoms with Crippen molar-refractivity contribution < 1.29 is 4.79 Å². The summed E-state index contributed by atoms with van der Waals surface area (Å²) < 4.78 is 0. The molecule has 0 aliphatic carbocycles. The first-order valence-corrected chi connectivity index (χ1v) is 7.10. The quantitative estimate of drug-likeness (QED) is 0.805. The van der Waals surface area contributed by atoms with Crippen LogP contribution in [0.1, 0.15) is 15.9 Å². The standard InChI is InChI=1S/C16H18N4O/c1-13-3-4-15(14(11-13)12-21)19-7-9-20(10-8-19)16-17-5-2-6-18-16/h2-6,11-12H,7-10H2,1H3. The molecule has 0 radical (unpaired) electrons. The molecule has 1 saturated heterocycles. The van der Waals surface area contributed by atoms with Crippen LogP contribution in [-0.4, -0.2) is 42.4 Å². The topological polar surface area (TPSA) is 49.3 Å². The van der Waals surface area contributed by atoms with Crippen LogP contribution in [0.3, 0.4) is 0 Å². The van der Waals surface area contributed by atoms with E-state index in [2.05, 4.69) is 25.8 Å². The second-order valence-electron chi connectivity index (χ2n) is 5.20. The van der Waals surface area contributed by atoms with Crippen LogP contribution in [0.2, 0.25) is 0 Å². The molecule has 1 aliphatic rings. The minimum Gasteiger partial charge on any atom is -0.367 e. The highest BCUT2D eigenvalue weighted by Gasteiger charge is 2.20. The predicted octanol–water partition coefficient (Wildman–Crippen LogP) is 1.92. The van der Waals surface area contributed by atoms with E-state index in [1.54, 1.807) is 12.4 Å². The van der Waals surface area contributed by atoms with Gasteiger partial charge in [0.1, 0.15) is 0 Å².